The van der Waals surface area contributed by atoms with E-state index >= 15 is 0 Å². The molecule has 6 rings (SSSR count). The molecule has 1 N–H and O–H groups in total. The third-order valence-corrected chi connectivity index (χ3v) is 8.36. The number of aliphatic carboxylic acids is 1. The number of carboxylic acids is 1. The Morgan fingerprint density at radius 3 is 1.90 bits per heavy atom. The number of carboxylic acid groups (broad SMARTS) is 1. The van der Waals surface area contributed by atoms with E-state index in [4.69, 9.17) is 0 Å². The zero-order valence-electron chi connectivity index (χ0n) is 22.1. The molecule has 0 saturated heterocycles. The highest BCUT2D eigenvalue weighted by molar-refractivity contribution is 6.09. The fourth-order valence-electron chi connectivity index (χ4n) is 6.33. The van der Waals surface area contributed by atoms with Crippen molar-refractivity contribution in [1.29, 1.82) is 0 Å². The zero-order chi connectivity index (χ0) is 26.8. The summed E-state index contributed by atoms with van der Waals surface area (Å²) in [7, 11) is 0. The van der Waals surface area contributed by atoms with Crippen molar-refractivity contribution in [2.45, 2.75) is 56.8 Å². The summed E-state index contributed by atoms with van der Waals surface area (Å²) in [4.78, 5) is 25.0. The Morgan fingerprint density at radius 2 is 1.31 bits per heavy atom. The van der Waals surface area contributed by atoms with Crippen molar-refractivity contribution in [2.24, 2.45) is 0 Å². The number of ketones is 1. The van der Waals surface area contributed by atoms with Gasteiger partial charge in [-0.3, -0.25) is 9.59 Å². The number of Topliss-reactive ketones (excluding diaryl/α,β-unsaturated/α-hetero) is 1. The van der Waals surface area contributed by atoms with Crippen molar-refractivity contribution < 1.29 is 14.7 Å². The van der Waals surface area contributed by atoms with E-state index in [1.165, 1.54) is 48.4 Å². The highest BCUT2D eigenvalue weighted by Gasteiger charge is 2.22. The van der Waals surface area contributed by atoms with E-state index in [0.29, 0.717) is 11.5 Å². The van der Waals surface area contributed by atoms with Crippen molar-refractivity contribution in [3.63, 3.8) is 0 Å². The number of aromatic nitrogens is 1. The van der Waals surface area contributed by atoms with Crippen LogP contribution in [-0.4, -0.2) is 21.4 Å². The van der Waals surface area contributed by atoms with Gasteiger partial charge in [-0.2, -0.15) is 0 Å². The number of hydrogen-bond donors (Lipinski definition) is 1. The van der Waals surface area contributed by atoms with Gasteiger partial charge in [0.15, 0.2) is 5.78 Å². The molecule has 0 radical (unpaired) electrons. The third-order valence-electron chi connectivity index (χ3n) is 8.36. The maximum Gasteiger partial charge on any atom is 0.303 e. The molecule has 0 bridgehead atoms. The quantitative estimate of drug-likeness (QED) is 0.210. The highest BCUT2D eigenvalue weighted by atomic mass is 16.4. The van der Waals surface area contributed by atoms with Gasteiger partial charge in [0.05, 0.1) is 17.5 Å². The average molecular weight is 516 g/mol. The minimum absolute atomic E-state index is 0.0112. The Bertz CT molecular complexity index is 1570. The topological polar surface area (TPSA) is 59.3 Å². The second kappa shape index (κ2) is 10.9. The first-order valence-electron chi connectivity index (χ1n) is 14.0. The van der Waals surface area contributed by atoms with Crippen LogP contribution in [0.15, 0.2) is 97.1 Å². The van der Waals surface area contributed by atoms with Crippen LogP contribution in [0.2, 0.25) is 0 Å². The second-order valence-corrected chi connectivity index (χ2v) is 10.8. The first-order chi connectivity index (χ1) is 19.1. The van der Waals surface area contributed by atoms with Crippen LogP contribution in [-0.2, 0) is 4.79 Å². The van der Waals surface area contributed by atoms with Crippen molar-refractivity contribution in [2.75, 3.05) is 0 Å². The zero-order valence-corrected chi connectivity index (χ0v) is 22.1. The average Bonchev–Trinajstić information content (AvgIpc) is 3.32. The van der Waals surface area contributed by atoms with Crippen LogP contribution >= 0.6 is 0 Å². The summed E-state index contributed by atoms with van der Waals surface area (Å²) < 4.78 is 2.24. The van der Waals surface area contributed by atoms with Gasteiger partial charge in [-0.1, -0.05) is 92.1 Å². The van der Waals surface area contributed by atoms with E-state index in [1.807, 2.05) is 48.5 Å². The minimum Gasteiger partial charge on any atom is -0.481 e. The smallest absolute Gasteiger partial charge is 0.303 e. The lowest BCUT2D eigenvalue weighted by Gasteiger charge is -2.22. The maximum atomic E-state index is 13.2. The van der Waals surface area contributed by atoms with Crippen molar-refractivity contribution >= 4 is 33.6 Å². The number of hydrogen-bond acceptors (Lipinski definition) is 2. The molecule has 196 valence electrons. The largest absolute Gasteiger partial charge is 0.481 e. The van der Waals surface area contributed by atoms with Crippen LogP contribution in [0.3, 0.4) is 0 Å². The van der Waals surface area contributed by atoms with E-state index < -0.39 is 5.97 Å². The van der Waals surface area contributed by atoms with E-state index in [0.717, 1.165) is 22.3 Å². The van der Waals surface area contributed by atoms with E-state index in [1.54, 1.807) is 0 Å². The van der Waals surface area contributed by atoms with Gasteiger partial charge in [0.1, 0.15) is 0 Å². The van der Waals surface area contributed by atoms with Crippen molar-refractivity contribution in [1.82, 2.24) is 4.57 Å². The lowest BCUT2D eigenvalue weighted by molar-refractivity contribution is -0.137. The molecule has 1 heterocycles. The Labute approximate surface area is 228 Å². The summed E-state index contributed by atoms with van der Waals surface area (Å²) >= 11 is 0. The first kappa shape index (κ1) is 25.1. The van der Waals surface area contributed by atoms with Gasteiger partial charge in [-0.15, -0.1) is 0 Å². The number of benzene rings is 4. The number of para-hydroxylation sites is 2. The molecule has 1 aromatic heterocycles. The summed E-state index contributed by atoms with van der Waals surface area (Å²) in [6.07, 6.45) is 6.40. The predicted molar refractivity (Wildman–Crippen MR) is 157 cm³/mol. The van der Waals surface area contributed by atoms with Gasteiger partial charge in [-0.25, -0.2) is 0 Å². The van der Waals surface area contributed by atoms with Gasteiger partial charge in [0.25, 0.3) is 0 Å². The highest BCUT2D eigenvalue weighted by Crippen LogP contribution is 2.34. The molecule has 0 amide bonds. The van der Waals surface area contributed by atoms with Crippen LogP contribution in [0.1, 0.15) is 78.3 Å². The van der Waals surface area contributed by atoms with Crippen LogP contribution in [0.5, 0.6) is 0 Å². The molecular weight excluding hydrogens is 482 g/mol. The van der Waals surface area contributed by atoms with Gasteiger partial charge in [-0.05, 0) is 54.2 Å². The number of nitrogens with zero attached hydrogens (tertiary/aromatic N) is 1. The van der Waals surface area contributed by atoms with Gasteiger partial charge >= 0.3 is 5.97 Å². The normalized spacial score (nSPS) is 15.0. The Kier molecular flexibility index (Phi) is 7.02. The number of carbonyl (C=O) groups is 2. The van der Waals surface area contributed by atoms with Gasteiger partial charge < -0.3 is 9.67 Å². The minimum atomic E-state index is -0.896. The molecule has 39 heavy (non-hydrogen) atoms. The van der Waals surface area contributed by atoms with E-state index in [-0.39, 0.29) is 24.5 Å². The molecular formula is C35H33NO3. The Hall–Kier alpha value is -4.18. The maximum absolute atomic E-state index is 13.2. The summed E-state index contributed by atoms with van der Waals surface area (Å²) in [6, 6.07) is 32.8. The summed E-state index contributed by atoms with van der Waals surface area (Å²) in [5.41, 5.74) is 6.10. The summed E-state index contributed by atoms with van der Waals surface area (Å²) in [5.74, 6) is -0.703. The van der Waals surface area contributed by atoms with Crippen LogP contribution in [0, 0.1) is 0 Å². The standard InChI is InChI=1S/C35H33NO3/c37-34(27-16-14-25(15-17-27)24-8-2-1-3-9-24)22-28(23-35(38)39)26-18-20-29(21-19-26)36-32-12-6-4-10-30(32)31-11-5-7-13-33(31)36/h4-7,10-21,24,28H,1-3,8-9,22-23H2,(H,38,39). The van der Waals surface area contributed by atoms with Crippen molar-refractivity contribution in [3.05, 3.63) is 114 Å². The van der Waals surface area contributed by atoms with Crippen LogP contribution < -0.4 is 0 Å². The van der Waals surface area contributed by atoms with Gasteiger partial charge in [0, 0.05) is 34.4 Å². The summed E-state index contributed by atoms with van der Waals surface area (Å²) in [5, 5.41) is 12.0. The lowest BCUT2D eigenvalue weighted by Crippen LogP contribution is -2.12. The van der Waals surface area contributed by atoms with Crippen LogP contribution in [0.25, 0.3) is 27.5 Å². The molecule has 0 aliphatic heterocycles. The van der Waals surface area contributed by atoms with E-state index in [9.17, 15) is 14.7 Å². The Morgan fingerprint density at radius 1 is 0.718 bits per heavy atom. The molecule has 1 atom stereocenters. The number of fused-ring (bicyclic) bond motifs is 3. The monoisotopic (exact) mass is 515 g/mol. The number of carbonyl (C=O) groups excluding carboxylic acids is 1. The molecule has 4 aromatic carbocycles. The SMILES string of the molecule is O=C(O)CC(CC(=O)c1ccc(C2CCCCC2)cc1)c1ccc(-n2c3ccccc3c3ccccc32)cc1. The molecule has 1 unspecified atom stereocenters. The fraction of sp³-hybridized carbons (Fsp3) is 0.257. The molecule has 0 spiro atoms. The fourth-order valence-corrected chi connectivity index (χ4v) is 6.33. The Balaban J connectivity index is 1.25. The van der Waals surface area contributed by atoms with Gasteiger partial charge in [0.2, 0.25) is 0 Å². The summed E-state index contributed by atoms with van der Waals surface area (Å²) in [6.45, 7) is 0. The second-order valence-electron chi connectivity index (χ2n) is 10.8. The third kappa shape index (κ3) is 5.12. The molecule has 4 heteroatoms. The molecule has 1 saturated carbocycles. The molecule has 1 aliphatic rings. The predicted octanol–water partition coefficient (Wildman–Crippen LogP) is 8.66. The molecule has 1 aliphatic carbocycles. The first-order valence-corrected chi connectivity index (χ1v) is 14.0. The molecule has 5 aromatic rings. The van der Waals surface area contributed by atoms with Crippen molar-refractivity contribution in [3.8, 4) is 5.69 Å². The van der Waals surface area contributed by atoms with E-state index in [2.05, 4.69) is 53.1 Å². The van der Waals surface area contributed by atoms with Crippen LogP contribution in [0.4, 0.5) is 0 Å². The molecule has 1 fully saturated rings. The number of rotatable bonds is 8. The molecule has 4 nitrogen and oxygen atoms in total. The lowest BCUT2D eigenvalue weighted by atomic mass is 9.83.